The Kier molecular flexibility index (Phi) is 3.01. The van der Waals surface area contributed by atoms with Gasteiger partial charge in [0.05, 0.1) is 12.7 Å². The highest BCUT2D eigenvalue weighted by molar-refractivity contribution is 5.86. The minimum atomic E-state index is -0.592. The molecule has 1 heterocycles. The fourth-order valence-corrected chi connectivity index (χ4v) is 0.770. The third-order valence-corrected chi connectivity index (χ3v) is 1.45. The van der Waals surface area contributed by atoms with E-state index in [2.05, 4.69) is 9.72 Å². The number of hydrogen-bond donors (Lipinski definition) is 2. The molecule has 6 heteroatoms. The molecule has 1 aromatic rings. The smallest absolute Gasteiger partial charge is 0.330 e. The molecule has 0 aliphatic rings. The van der Waals surface area contributed by atoms with Gasteiger partial charge in [0.25, 0.3) is 5.56 Å². The van der Waals surface area contributed by atoms with E-state index in [9.17, 15) is 14.4 Å². The predicted molar refractivity (Wildman–Crippen MR) is 48.7 cm³/mol. The van der Waals surface area contributed by atoms with Crippen molar-refractivity contribution in [1.82, 2.24) is 9.97 Å². The van der Waals surface area contributed by atoms with E-state index in [1.54, 1.807) is 0 Å². The van der Waals surface area contributed by atoms with E-state index < -0.39 is 17.2 Å². The lowest BCUT2D eigenvalue weighted by molar-refractivity contribution is -0.134. The summed E-state index contributed by atoms with van der Waals surface area (Å²) in [5, 5.41) is 0. The molecule has 0 fully saturated rings. The number of ether oxygens (including phenoxy) is 1. The van der Waals surface area contributed by atoms with Gasteiger partial charge in [-0.15, -0.1) is 0 Å². The Morgan fingerprint density at radius 1 is 1.50 bits per heavy atom. The zero-order chi connectivity index (χ0) is 10.6. The fourth-order valence-electron chi connectivity index (χ4n) is 0.770. The number of H-pyrrole nitrogens is 2. The Balaban J connectivity index is 2.99. The van der Waals surface area contributed by atoms with Crippen molar-refractivity contribution in [2.45, 2.75) is 0 Å². The number of nitrogens with one attached hydrogen (secondary N) is 2. The summed E-state index contributed by atoms with van der Waals surface area (Å²) >= 11 is 0. The normalized spacial score (nSPS) is 10.4. The monoisotopic (exact) mass is 196 g/mol. The van der Waals surface area contributed by atoms with Crippen molar-refractivity contribution >= 4 is 12.0 Å². The van der Waals surface area contributed by atoms with Gasteiger partial charge in [0, 0.05) is 12.3 Å². The van der Waals surface area contributed by atoms with Crippen LogP contribution in [0.3, 0.4) is 0 Å². The first-order valence-corrected chi connectivity index (χ1v) is 3.71. The highest BCUT2D eigenvalue weighted by Gasteiger charge is 1.96. The molecule has 74 valence electrons. The van der Waals surface area contributed by atoms with Gasteiger partial charge < -0.3 is 9.72 Å². The minimum absolute atomic E-state index is 0.176. The van der Waals surface area contributed by atoms with Crippen molar-refractivity contribution in [3.63, 3.8) is 0 Å². The average Bonchev–Trinajstić information content (AvgIpc) is 2.16. The lowest BCUT2D eigenvalue weighted by Crippen LogP contribution is -2.22. The van der Waals surface area contributed by atoms with Crippen molar-refractivity contribution in [2.24, 2.45) is 0 Å². The molecule has 14 heavy (non-hydrogen) atoms. The zero-order valence-electron chi connectivity index (χ0n) is 7.37. The molecule has 0 aliphatic carbocycles. The van der Waals surface area contributed by atoms with E-state index in [0.717, 1.165) is 6.08 Å². The molecular formula is C8H8N2O4. The lowest BCUT2D eigenvalue weighted by Gasteiger charge is -1.90. The van der Waals surface area contributed by atoms with Gasteiger partial charge in [0.1, 0.15) is 0 Å². The topological polar surface area (TPSA) is 92.0 Å². The van der Waals surface area contributed by atoms with Crippen LogP contribution in [-0.2, 0) is 9.53 Å². The molecule has 0 bridgehead atoms. The molecule has 1 rings (SSSR count). The first kappa shape index (κ1) is 9.97. The molecule has 0 amide bonds. The molecular weight excluding hydrogens is 188 g/mol. The van der Waals surface area contributed by atoms with Gasteiger partial charge in [-0.25, -0.2) is 9.59 Å². The molecule has 0 unspecified atom stereocenters. The molecule has 6 nitrogen and oxygen atoms in total. The van der Waals surface area contributed by atoms with Crippen molar-refractivity contribution in [3.05, 3.63) is 38.7 Å². The summed E-state index contributed by atoms with van der Waals surface area (Å²) in [4.78, 5) is 36.6. The first-order valence-electron chi connectivity index (χ1n) is 3.71. The van der Waals surface area contributed by atoms with Crippen molar-refractivity contribution in [2.75, 3.05) is 7.11 Å². The summed E-state index contributed by atoms with van der Waals surface area (Å²) in [6.45, 7) is 0. The Morgan fingerprint density at radius 3 is 2.79 bits per heavy atom. The molecule has 2 N–H and O–H groups in total. The molecule has 0 radical (unpaired) electrons. The van der Waals surface area contributed by atoms with E-state index in [-0.39, 0.29) is 5.56 Å². The second-order valence-corrected chi connectivity index (χ2v) is 2.38. The van der Waals surface area contributed by atoms with Crippen LogP contribution in [0.25, 0.3) is 6.08 Å². The van der Waals surface area contributed by atoms with Crippen LogP contribution in [0.15, 0.2) is 21.9 Å². The van der Waals surface area contributed by atoms with Crippen LogP contribution in [0, 0.1) is 0 Å². The summed E-state index contributed by atoms with van der Waals surface area (Å²) < 4.78 is 4.33. The van der Waals surface area contributed by atoms with E-state index in [0.29, 0.717) is 0 Å². The van der Waals surface area contributed by atoms with Crippen LogP contribution >= 0.6 is 0 Å². The van der Waals surface area contributed by atoms with Crippen molar-refractivity contribution in [1.29, 1.82) is 0 Å². The van der Waals surface area contributed by atoms with Crippen LogP contribution in [-0.4, -0.2) is 23.0 Å². The summed E-state index contributed by atoms with van der Waals surface area (Å²) in [5.74, 6) is -0.574. The molecule has 0 aromatic carbocycles. The van der Waals surface area contributed by atoms with Crippen molar-refractivity contribution in [3.8, 4) is 0 Å². The Morgan fingerprint density at radius 2 is 2.21 bits per heavy atom. The predicted octanol–water partition coefficient (Wildman–Crippen LogP) is -0.751. The maximum absolute atomic E-state index is 11.1. The summed E-state index contributed by atoms with van der Waals surface area (Å²) in [5.41, 5.74) is -0.978. The highest BCUT2D eigenvalue weighted by atomic mass is 16.5. The summed E-state index contributed by atoms with van der Waals surface area (Å²) in [7, 11) is 1.23. The van der Waals surface area contributed by atoms with Gasteiger partial charge in [0.2, 0.25) is 0 Å². The molecule has 0 saturated heterocycles. The van der Waals surface area contributed by atoms with E-state index in [4.69, 9.17) is 0 Å². The maximum Gasteiger partial charge on any atom is 0.330 e. The molecule has 0 spiro atoms. The largest absolute Gasteiger partial charge is 0.466 e. The quantitative estimate of drug-likeness (QED) is 0.480. The van der Waals surface area contributed by atoms with Gasteiger partial charge in [-0.1, -0.05) is 0 Å². The number of hydrogen-bond acceptors (Lipinski definition) is 4. The van der Waals surface area contributed by atoms with E-state index >= 15 is 0 Å². The van der Waals surface area contributed by atoms with E-state index in [1.807, 2.05) is 4.98 Å². The van der Waals surface area contributed by atoms with Crippen LogP contribution in [0.2, 0.25) is 0 Å². The summed E-state index contributed by atoms with van der Waals surface area (Å²) in [6.07, 6.45) is 3.55. The van der Waals surface area contributed by atoms with Gasteiger partial charge in [-0.3, -0.25) is 9.78 Å². The number of aromatic amines is 2. The van der Waals surface area contributed by atoms with Crippen LogP contribution < -0.4 is 11.2 Å². The maximum atomic E-state index is 11.1. The summed E-state index contributed by atoms with van der Waals surface area (Å²) in [6, 6.07) is 0. The third-order valence-electron chi connectivity index (χ3n) is 1.45. The minimum Gasteiger partial charge on any atom is -0.466 e. The zero-order valence-corrected chi connectivity index (χ0v) is 7.37. The van der Waals surface area contributed by atoms with Gasteiger partial charge in [0.15, 0.2) is 0 Å². The van der Waals surface area contributed by atoms with Gasteiger partial charge in [-0.05, 0) is 6.08 Å². The first-order chi connectivity index (χ1) is 6.63. The van der Waals surface area contributed by atoms with Crippen LogP contribution in [0.1, 0.15) is 5.56 Å². The number of carbonyl (C=O) groups is 1. The van der Waals surface area contributed by atoms with Crippen LogP contribution in [0.4, 0.5) is 0 Å². The van der Waals surface area contributed by atoms with Gasteiger partial charge in [-0.2, -0.15) is 0 Å². The standard InChI is InChI=1S/C8H8N2O4/c1-14-6(11)3-2-5-4-9-8(13)10-7(5)12/h2-4H,1H3,(H2,9,10,12,13)/b3-2+. The second-order valence-electron chi connectivity index (χ2n) is 2.38. The van der Waals surface area contributed by atoms with E-state index in [1.165, 1.54) is 19.4 Å². The van der Waals surface area contributed by atoms with Crippen LogP contribution in [0.5, 0.6) is 0 Å². The number of rotatable bonds is 2. The Labute approximate surface area is 78.2 Å². The molecule has 0 aliphatic heterocycles. The SMILES string of the molecule is COC(=O)/C=C/c1c[nH]c(=O)[nH]c1=O. The van der Waals surface area contributed by atoms with Gasteiger partial charge >= 0.3 is 11.7 Å². The average molecular weight is 196 g/mol. The number of esters is 1. The fraction of sp³-hybridized carbons (Fsp3) is 0.125. The third kappa shape index (κ3) is 2.44. The Hall–Kier alpha value is -2.11. The molecule has 0 saturated carbocycles. The highest BCUT2D eigenvalue weighted by Crippen LogP contribution is 1.89. The number of aromatic nitrogens is 2. The Bertz CT molecular complexity index is 469. The second kappa shape index (κ2) is 4.22. The molecule has 1 aromatic heterocycles. The number of carbonyl (C=O) groups excluding carboxylic acids is 1. The number of methoxy groups -OCH3 is 1. The lowest BCUT2D eigenvalue weighted by atomic mass is 10.3. The van der Waals surface area contributed by atoms with Crippen molar-refractivity contribution < 1.29 is 9.53 Å². The molecule has 0 atom stereocenters.